The molecule has 1 atom stereocenters. The summed E-state index contributed by atoms with van der Waals surface area (Å²) in [6, 6.07) is 10.6. The number of piperidine rings is 1. The zero-order chi connectivity index (χ0) is 20.1. The topological polar surface area (TPSA) is 63.1 Å². The first kappa shape index (κ1) is 20.1. The predicted octanol–water partition coefficient (Wildman–Crippen LogP) is 3.43. The van der Waals surface area contributed by atoms with Crippen LogP contribution >= 0.6 is 0 Å². The molecule has 0 spiro atoms. The zero-order valence-corrected chi connectivity index (χ0v) is 17.5. The molecular weight excluding hydrogens is 362 g/mol. The van der Waals surface area contributed by atoms with E-state index in [1.54, 1.807) is 11.0 Å². The molecule has 2 heterocycles. The number of carbonyl (C=O) groups is 1. The van der Waals surface area contributed by atoms with E-state index in [9.17, 15) is 4.79 Å². The second-order valence-electron chi connectivity index (χ2n) is 8.63. The molecule has 6 nitrogen and oxygen atoms in total. The number of nitrogens with one attached hydrogen (secondary N) is 1. The van der Waals surface area contributed by atoms with Crippen LogP contribution in [-0.2, 0) is 11.8 Å². The molecule has 2 aliphatic rings. The number of benzene rings is 1. The van der Waals surface area contributed by atoms with E-state index in [-0.39, 0.29) is 17.9 Å². The van der Waals surface area contributed by atoms with Crippen LogP contribution in [-0.4, -0.2) is 45.2 Å². The van der Waals surface area contributed by atoms with Crippen LogP contribution in [0.1, 0.15) is 68.3 Å². The Morgan fingerprint density at radius 1 is 1.17 bits per heavy atom. The van der Waals surface area contributed by atoms with Crippen molar-refractivity contribution in [3.05, 3.63) is 48.0 Å². The lowest BCUT2D eigenvalue weighted by atomic mass is 9.84. The van der Waals surface area contributed by atoms with Crippen LogP contribution < -0.4 is 5.32 Å². The highest BCUT2D eigenvalue weighted by molar-refractivity contribution is 5.79. The number of nitrogens with zero attached hydrogens (tertiary/aromatic N) is 4. The minimum absolute atomic E-state index is 0.125. The molecule has 0 bridgehead atoms. The van der Waals surface area contributed by atoms with E-state index in [0.717, 1.165) is 64.0 Å². The van der Waals surface area contributed by atoms with Gasteiger partial charge in [0.2, 0.25) is 5.91 Å². The average Bonchev–Trinajstić information content (AvgIpc) is 3.13. The van der Waals surface area contributed by atoms with Crippen molar-refractivity contribution >= 4 is 5.91 Å². The van der Waals surface area contributed by atoms with Gasteiger partial charge in [0.1, 0.15) is 6.33 Å². The van der Waals surface area contributed by atoms with Crippen molar-refractivity contribution in [1.29, 1.82) is 0 Å². The number of rotatable bonds is 8. The minimum Gasteiger partial charge on any atom is -0.349 e. The molecular formula is C23H33N5O. The number of carbonyl (C=O) groups excluding carboxylic acids is 1. The van der Waals surface area contributed by atoms with Crippen LogP contribution in [0.4, 0.5) is 0 Å². The second-order valence-corrected chi connectivity index (χ2v) is 8.63. The molecule has 29 heavy (non-hydrogen) atoms. The smallest absolute Gasteiger partial charge is 0.223 e. The molecule has 1 aromatic carbocycles. The standard InChI is InChI=1S/C23H33N5O/c1-27-17-24-22(26-27)19-12-15-28(16-13-19)14-6-11-21(18-7-3-2-4-8-18)25-23(29)20-9-5-10-20/h2-4,7-8,17,19-21H,5-6,9-16H2,1H3,(H,25,29). The summed E-state index contributed by atoms with van der Waals surface area (Å²) in [6.07, 6.45) is 9.43. The molecule has 1 aromatic heterocycles. The highest BCUT2D eigenvalue weighted by Gasteiger charge is 2.27. The average molecular weight is 396 g/mol. The maximum atomic E-state index is 12.5. The van der Waals surface area contributed by atoms with E-state index in [1.165, 1.54) is 12.0 Å². The van der Waals surface area contributed by atoms with Crippen LogP contribution in [0.25, 0.3) is 0 Å². The van der Waals surface area contributed by atoms with Gasteiger partial charge in [0.25, 0.3) is 0 Å². The summed E-state index contributed by atoms with van der Waals surface area (Å²) in [5.41, 5.74) is 1.22. The molecule has 1 saturated heterocycles. The van der Waals surface area contributed by atoms with Crippen molar-refractivity contribution in [3.63, 3.8) is 0 Å². The third kappa shape index (κ3) is 5.24. The van der Waals surface area contributed by atoms with Crippen LogP contribution in [0.2, 0.25) is 0 Å². The lowest BCUT2D eigenvalue weighted by Crippen LogP contribution is -2.38. The normalized spacial score (nSPS) is 19.6. The van der Waals surface area contributed by atoms with Crippen molar-refractivity contribution in [2.24, 2.45) is 13.0 Å². The Balaban J connectivity index is 1.25. The van der Waals surface area contributed by atoms with Crippen LogP contribution in [0.15, 0.2) is 36.7 Å². The Hall–Kier alpha value is -2.21. The Kier molecular flexibility index (Phi) is 6.60. The number of aryl methyl sites for hydroxylation is 1. The number of amides is 1. The number of aromatic nitrogens is 3. The first-order valence-electron chi connectivity index (χ1n) is 11.1. The van der Waals surface area contributed by atoms with Gasteiger partial charge in [0.05, 0.1) is 6.04 Å². The van der Waals surface area contributed by atoms with Crippen molar-refractivity contribution in [2.75, 3.05) is 19.6 Å². The first-order valence-corrected chi connectivity index (χ1v) is 11.1. The second kappa shape index (κ2) is 9.53. The molecule has 1 N–H and O–H groups in total. The predicted molar refractivity (Wildman–Crippen MR) is 113 cm³/mol. The van der Waals surface area contributed by atoms with Crippen molar-refractivity contribution in [3.8, 4) is 0 Å². The number of hydrogen-bond acceptors (Lipinski definition) is 4. The van der Waals surface area contributed by atoms with E-state index < -0.39 is 0 Å². The van der Waals surface area contributed by atoms with Crippen LogP contribution in [0, 0.1) is 5.92 Å². The minimum atomic E-state index is 0.125. The largest absolute Gasteiger partial charge is 0.349 e. The number of hydrogen-bond donors (Lipinski definition) is 1. The zero-order valence-electron chi connectivity index (χ0n) is 17.5. The Bertz CT molecular complexity index is 778. The van der Waals surface area contributed by atoms with Gasteiger partial charge < -0.3 is 10.2 Å². The van der Waals surface area contributed by atoms with Gasteiger partial charge in [-0.15, -0.1) is 0 Å². The maximum Gasteiger partial charge on any atom is 0.223 e. The van der Waals surface area contributed by atoms with E-state index in [1.807, 2.05) is 13.1 Å². The van der Waals surface area contributed by atoms with Gasteiger partial charge in [0, 0.05) is 18.9 Å². The lowest BCUT2D eigenvalue weighted by Gasteiger charge is -2.31. The third-order valence-electron chi connectivity index (χ3n) is 6.53. The molecule has 156 valence electrons. The summed E-state index contributed by atoms with van der Waals surface area (Å²) >= 11 is 0. The fourth-order valence-electron chi connectivity index (χ4n) is 4.44. The van der Waals surface area contributed by atoms with E-state index >= 15 is 0 Å². The quantitative estimate of drug-likeness (QED) is 0.744. The van der Waals surface area contributed by atoms with Crippen molar-refractivity contribution < 1.29 is 4.79 Å². The summed E-state index contributed by atoms with van der Waals surface area (Å²) in [7, 11) is 1.93. The third-order valence-corrected chi connectivity index (χ3v) is 6.53. The summed E-state index contributed by atoms with van der Waals surface area (Å²) in [6.45, 7) is 3.30. The Morgan fingerprint density at radius 3 is 2.55 bits per heavy atom. The lowest BCUT2D eigenvalue weighted by molar-refractivity contribution is -0.128. The van der Waals surface area contributed by atoms with Crippen LogP contribution in [0.5, 0.6) is 0 Å². The van der Waals surface area contributed by atoms with Gasteiger partial charge in [-0.3, -0.25) is 9.48 Å². The fraction of sp³-hybridized carbons (Fsp3) is 0.609. The molecule has 2 fully saturated rings. The van der Waals surface area contributed by atoms with Gasteiger partial charge in [-0.2, -0.15) is 5.10 Å². The van der Waals surface area contributed by atoms with E-state index in [4.69, 9.17) is 0 Å². The Labute approximate surface area is 173 Å². The molecule has 1 unspecified atom stereocenters. The summed E-state index contributed by atoms with van der Waals surface area (Å²) < 4.78 is 1.79. The molecule has 0 radical (unpaired) electrons. The SMILES string of the molecule is Cn1cnc(C2CCN(CCCC(NC(=O)C3CCC3)c3ccccc3)CC2)n1. The summed E-state index contributed by atoms with van der Waals surface area (Å²) in [5.74, 6) is 1.97. The molecule has 1 aliphatic heterocycles. The first-order chi connectivity index (χ1) is 14.2. The molecule has 1 saturated carbocycles. The van der Waals surface area contributed by atoms with Gasteiger partial charge in [0.15, 0.2) is 5.82 Å². The van der Waals surface area contributed by atoms with E-state index in [2.05, 4.69) is 44.6 Å². The van der Waals surface area contributed by atoms with Gasteiger partial charge in [-0.1, -0.05) is 36.8 Å². The van der Waals surface area contributed by atoms with E-state index in [0.29, 0.717) is 5.92 Å². The fourth-order valence-corrected chi connectivity index (χ4v) is 4.44. The van der Waals surface area contributed by atoms with Gasteiger partial charge in [-0.05, 0) is 63.7 Å². The summed E-state index contributed by atoms with van der Waals surface area (Å²) in [5, 5.41) is 7.81. The van der Waals surface area contributed by atoms with Gasteiger partial charge in [-0.25, -0.2) is 4.98 Å². The maximum absolute atomic E-state index is 12.5. The molecule has 6 heteroatoms. The molecule has 1 aliphatic carbocycles. The van der Waals surface area contributed by atoms with Crippen molar-refractivity contribution in [2.45, 2.75) is 56.9 Å². The molecule has 2 aromatic rings. The molecule has 1 amide bonds. The van der Waals surface area contributed by atoms with Crippen LogP contribution in [0.3, 0.4) is 0 Å². The monoisotopic (exact) mass is 395 g/mol. The Morgan fingerprint density at radius 2 is 1.93 bits per heavy atom. The molecule has 4 rings (SSSR count). The van der Waals surface area contributed by atoms with Gasteiger partial charge >= 0.3 is 0 Å². The highest BCUT2D eigenvalue weighted by atomic mass is 16.2. The van der Waals surface area contributed by atoms with Crippen molar-refractivity contribution in [1.82, 2.24) is 25.0 Å². The highest BCUT2D eigenvalue weighted by Crippen LogP contribution is 2.29. The summed E-state index contributed by atoms with van der Waals surface area (Å²) in [4.78, 5) is 19.5. The number of likely N-dealkylation sites (tertiary alicyclic amines) is 1.